The quantitative estimate of drug-likeness (QED) is 0.491. The summed E-state index contributed by atoms with van der Waals surface area (Å²) in [6.45, 7) is 2.68. The van der Waals surface area contributed by atoms with Crippen LogP contribution in [0.25, 0.3) is 0 Å². The molecule has 0 aromatic heterocycles. The van der Waals surface area contributed by atoms with Gasteiger partial charge in [0.1, 0.15) is 6.29 Å². The molecular formula is C15H20NO3. The third-order valence-electron chi connectivity index (χ3n) is 2.80. The molecule has 0 aliphatic carbocycles. The number of anilines is 1. The number of aldehydes is 1. The predicted molar refractivity (Wildman–Crippen MR) is 74.8 cm³/mol. The Hall–Kier alpha value is -1.84. The molecule has 1 N–H and O–H groups in total. The summed E-state index contributed by atoms with van der Waals surface area (Å²) in [6.07, 6.45) is 5.24. The van der Waals surface area contributed by atoms with Gasteiger partial charge >= 0.3 is 6.47 Å². The molecule has 0 saturated carbocycles. The lowest BCUT2D eigenvalue weighted by atomic mass is 10.1. The van der Waals surface area contributed by atoms with Gasteiger partial charge in [0.2, 0.25) is 0 Å². The summed E-state index contributed by atoms with van der Waals surface area (Å²) in [4.78, 5) is 20.0. The summed E-state index contributed by atoms with van der Waals surface area (Å²) in [5, 5.41) is 3.27. The highest BCUT2D eigenvalue weighted by atomic mass is 16.5. The average Bonchev–Trinajstić information content (AvgIpc) is 2.45. The van der Waals surface area contributed by atoms with Crippen LogP contribution in [0.2, 0.25) is 0 Å². The molecule has 0 saturated heterocycles. The first-order valence-electron chi connectivity index (χ1n) is 6.62. The molecule has 1 radical (unpaired) electrons. The van der Waals surface area contributed by atoms with Crippen molar-refractivity contribution in [3.8, 4) is 0 Å². The average molecular weight is 262 g/mol. The Kier molecular flexibility index (Phi) is 8.10. The second-order valence-electron chi connectivity index (χ2n) is 4.32. The minimum absolute atomic E-state index is 0.444. The third-order valence-corrected chi connectivity index (χ3v) is 2.80. The molecule has 4 heteroatoms. The summed E-state index contributed by atoms with van der Waals surface area (Å²) in [5.74, 6) is 0. The number of unbranched alkanes of at least 4 members (excludes halogenated alkanes) is 2. The number of hydrogen-bond acceptors (Lipinski definition) is 4. The highest BCUT2D eigenvalue weighted by molar-refractivity contribution is 5.49. The Morgan fingerprint density at radius 1 is 1.16 bits per heavy atom. The van der Waals surface area contributed by atoms with Crippen LogP contribution in [-0.2, 0) is 20.7 Å². The van der Waals surface area contributed by atoms with Gasteiger partial charge in [-0.05, 0) is 43.4 Å². The normalized spacial score (nSPS) is 9.89. The van der Waals surface area contributed by atoms with Gasteiger partial charge < -0.3 is 14.8 Å². The van der Waals surface area contributed by atoms with E-state index in [1.165, 1.54) is 12.0 Å². The molecule has 103 valence electrons. The molecule has 0 bridgehead atoms. The lowest BCUT2D eigenvalue weighted by Gasteiger charge is -2.06. The lowest BCUT2D eigenvalue weighted by molar-refractivity contribution is -0.107. The Labute approximate surface area is 114 Å². The van der Waals surface area contributed by atoms with Crippen molar-refractivity contribution < 1.29 is 14.3 Å². The molecule has 0 aliphatic rings. The van der Waals surface area contributed by atoms with Crippen LogP contribution < -0.4 is 5.32 Å². The van der Waals surface area contributed by atoms with Crippen LogP contribution in [0.5, 0.6) is 0 Å². The first kappa shape index (κ1) is 15.2. The Bertz CT molecular complexity index is 362. The van der Waals surface area contributed by atoms with Gasteiger partial charge in [-0.25, -0.2) is 4.79 Å². The van der Waals surface area contributed by atoms with E-state index >= 15 is 0 Å². The largest absolute Gasteiger partial charge is 0.457 e. The highest BCUT2D eigenvalue weighted by Gasteiger charge is 1.96. The Balaban J connectivity index is 2.19. The van der Waals surface area contributed by atoms with Crippen LogP contribution in [0, 0.1) is 0 Å². The maximum absolute atomic E-state index is 10.2. The summed E-state index contributed by atoms with van der Waals surface area (Å²) in [6, 6.07) is 8.28. The zero-order valence-electron chi connectivity index (χ0n) is 11.1. The van der Waals surface area contributed by atoms with Gasteiger partial charge in [0.05, 0.1) is 6.61 Å². The van der Waals surface area contributed by atoms with E-state index in [9.17, 15) is 9.59 Å². The van der Waals surface area contributed by atoms with Crippen LogP contribution in [0.4, 0.5) is 5.69 Å². The van der Waals surface area contributed by atoms with Crippen molar-refractivity contribution in [2.45, 2.75) is 32.1 Å². The van der Waals surface area contributed by atoms with Gasteiger partial charge in [0, 0.05) is 18.7 Å². The van der Waals surface area contributed by atoms with E-state index in [1.807, 2.05) is 12.1 Å². The second kappa shape index (κ2) is 10.1. The van der Waals surface area contributed by atoms with Crippen molar-refractivity contribution >= 4 is 18.4 Å². The van der Waals surface area contributed by atoms with Crippen molar-refractivity contribution in [3.63, 3.8) is 0 Å². The molecule has 1 rings (SSSR count). The molecule has 0 spiro atoms. The fourth-order valence-corrected chi connectivity index (χ4v) is 1.75. The number of ether oxygens (including phenoxy) is 1. The fourth-order valence-electron chi connectivity index (χ4n) is 1.75. The minimum Gasteiger partial charge on any atom is -0.457 e. The van der Waals surface area contributed by atoms with Gasteiger partial charge in [-0.1, -0.05) is 12.1 Å². The number of aryl methyl sites for hydroxylation is 1. The van der Waals surface area contributed by atoms with E-state index < -0.39 is 0 Å². The lowest BCUT2D eigenvalue weighted by Crippen LogP contribution is -2.01. The molecule has 1 aromatic rings. The molecule has 0 unspecified atom stereocenters. The van der Waals surface area contributed by atoms with Crippen LogP contribution in [0.1, 0.15) is 31.2 Å². The van der Waals surface area contributed by atoms with Crippen LogP contribution in [-0.4, -0.2) is 25.9 Å². The van der Waals surface area contributed by atoms with E-state index in [2.05, 4.69) is 22.2 Å². The number of benzene rings is 1. The van der Waals surface area contributed by atoms with E-state index in [4.69, 9.17) is 0 Å². The fraction of sp³-hybridized carbons (Fsp3) is 0.467. The van der Waals surface area contributed by atoms with E-state index in [0.717, 1.165) is 44.2 Å². The molecule has 4 nitrogen and oxygen atoms in total. The molecule has 1 aromatic carbocycles. The zero-order valence-corrected chi connectivity index (χ0v) is 11.1. The molecule has 0 fully saturated rings. The van der Waals surface area contributed by atoms with E-state index in [0.29, 0.717) is 13.0 Å². The second-order valence-corrected chi connectivity index (χ2v) is 4.32. The number of rotatable bonds is 11. The van der Waals surface area contributed by atoms with Crippen molar-refractivity contribution in [3.05, 3.63) is 29.8 Å². The first-order chi connectivity index (χ1) is 9.36. The molecule has 0 amide bonds. The minimum atomic E-state index is 0.444. The third kappa shape index (κ3) is 7.24. The Morgan fingerprint density at radius 3 is 2.63 bits per heavy atom. The van der Waals surface area contributed by atoms with Gasteiger partial charge in [-0.15, -0.1) is 0 Å². The molecule has 0 atom stereocenters. The number of nitrogens with one attached hydrogen (secondary N) is 1. The van der Waals surface area contributed by atoms with Crippen LogP contribution >= 0.6 is 0 Å². The van der Waals surface area contributed by atoms with Gasteiger partial charge in [-0.2, -0.15) is 0 Å². The number of carbonyl (C=O) groups excluding carboxylic acids is 2. The topological polar surface area (TPSA) is 55.4 Å². The van der Waals surface area contributed by atoms with Gasteiger partial charge in [-0.3, -0.25) is 0 Å². The van der Waals surface area contributed by atoms with Crippen molar-refractivity contribution in [1.82, 2.24) is 0 Å². The van der Waals surface area contributed by atoms with E-state index in [1.54, 1.807) is 0 Å². The van der Waals surface area contributed by atoms with Gasteiger partial charge in [0.25, 0.3) is 0 Å². The monoisotopic (exact) mass is 262 g/mol. The maximum atomic E-state index is 10.2. The molecule has 0 aliphatic heterocycles. The summed E-state index contributed by atoms with van der Waals surface area (Å²) in [7, 11) is 0. The predicted octanol–water partition coefficient (Wildman–Crippen LogP) is 2.48. The number of carbonyl (C=O) groups is 1. The van der Waals surface area contributed by atoms with Crippen molar-refractivity contribution in [1.29, 1.82) is 0 Å². The molecule has 19 heavy (non-hydrogen) atoms. The smallest absolute Gasteiger partial charge is 0.417 e. The first-order valence-corrected chi connectivity index (χ1v) is 6.62. The maximum Gasteiger partial charge on any atom is 0.417 e. The van der Waals surface area contributed by atoms with E-state index in [-0.39, 0.29) is 0 Å². The van der Waals surface area contributed by atoms with Crippen LogP contribution in [0.3, 0.4) is 0 Å². The van der Waals surface area contributed by atoms with Gasteiger partial charge in [0.15, 0.2) is 0 Å². The summed E-state index contributed by atoms with van der Waals surface area (Å²) < 4.78 is 4.51. The van der Waals surface area contributed by atoms with Crippen molar-refractivity contribution in [2.24, 2.45) is 0 Å². The SMILES string of the molecule is O=[C]OCCCCc1ccc(NCCCC=O)cc1. The van der Waals surface area contributed by atoms with Crippen molar-refractivity contribution in [2.75, 3.05) is 18.5 Å². The number of hydrogen-bond donors (Lipinski definition) is 1. The Morgan fingerprint density at radius 2 is 1.95 bits per heavy atom. The summed E-state index contributed by atoms with van der Waals surface area (Å²) in [5.41, 5.74) is 2.35. The zero-order chi connectivity index (χ0) is 13.8. The standard InChI is InChI=1S/C15H20NO3/c17-11-3-2-10-16-15-8-6-14(7-9-15)5-1-4-12-19-13-18/h6-9,11,16H,1-5,10,12H2. The molecule has 0 heterocycles. The summed E-state index contributed by atoms with van der Waals surface area (Å²) >= 11 is 0. The highest BCUT2D eigenvalue weighted by Crippen LogP contribution is 2.11. The van der Waals surface area contributed by atoms with Crippen LogP contribution in [0.15, 0.2) is 24.3 Å². The molecular weight excluding hydrogens is 242 g/mol.